The van der Waals surface area contributed by atoms with Gasteiger partial charge in [0.15, 0.2) is 11.5 Å². The van der Waals surface area contributed by atoms with Crippen molar-refractivity contribution in [2.75, 3.05) is 5.32 Å². The number of hydrogen-bond acceptors (Lipinski definition) is 6. The molecule has 2 heterocycles. The molecular weight excluding hydrogens is 358 g/mol. The molecule has 0 radical (unpaired) electrons. The van der Waals surface area contributed by atoms with E-state index in [1.807, 2.05) is 13.0 Å². The molecule has 142 valence electrons. The van der Waals surface area contributed by atoms with Crippen LogP contribution in [-0.4, -0.2) is 15.0 Å². The van der Waals surface area contributed by atoms with Crippen molar-refractivity contribution in [3.8, 4) is 11.5 Å². The number of nitrogens with one attached hydrogen (secondary N) is 1. The van der Waals surface area contributed by atoms with Crippen molar-refractivity contribution in [3.05, 3.63) is 56.8 Å². The number of nitrogens with zero attached hydrogens (tertiary/aromatic N) is 2. The Bertz CT molecular complexity index is 1160. The van der Waals surface area contributed by atoms with Gasteiger partial charge >= 0.3 is 0 Å². The van der Waals surface area contributed by atoms with E-state index in [0.29, 0.717) is 29.0 Å². The SMILES string of the molecule is Cc1nc2c3c(c([N+](=O)[O-])cc2c2c1Oc1ccc(CO)cc1N2)CCCC3. The Morgan fingerprint density at radius 3 is 2.79 bits per heavy atom. The number of rotatable bonds is 2. The molecule has 0 saturated heterocycles. The zero-order chi connectivity index (χ0) is 19.4. The molecule has 3 aromatic rings. The Hall–Kier alpha value is -3.19. The lowest BCUT2D eigenvalue weighted by molar-refractivity contribution is -0.385. The first-order chi connectivity index (χ1) is 13.6. The fourth-order valence-corrected chi connectivity index (χ4v) is 4.26. The highest BCUT2D eigenvalue weighted by Crippen LogP contribution is 2.49. The van der Waals surface area contributed by atoms with Crippen molar-refractivity contribution in [1.82, 2.24) is 4.98 Å². The molecular formula is C21H19N3O4. The third kappa shape index (κ3) is 2.43. The zero-order valence-corrected chi connectivity index (χ0v) is 15.4. The second kappa shape index (κ2) is 6.17. The lowest BCUT2D eigenvalue weighted by Gasteiger charge is -2.26. The van der Waals surface area contributed by atoms with Gasteiger partial charge < -0.3 is 15.2 Å². The van der Waals surface area contributed by atoms with Gasteiger partial charge in [-0.05, 0) is 55.9 Å². The van der Waals surface area contributed by atoms with Crippen LogP contribution in [0.2, 0.25) is 0 Å². The zero-order valence-electron chi connectivity index (χ0n) is 15.4. The Balaban J connectivity index is 1.79. The van der Waals surface area contributed by atoms with E-state index in [4.69, 9.17) is 9.72 Å². The Morgan fingerprint density at radius 2 is 2.04 bits per heavy atom. The molecule has 2 aromatic carbocycles. The molecule has 0 bridgehead atoms. The quantitative estimate of drug-likeness (QED) is 0.389. The van der Waals surface area contributed by atoms with Gasteiger partial charge in [-0.15, -0.1) is 0 Å². The molecule has 5 rings (SSSR count). The molecule has 7 heteroatoms. The number of pyridine rings is 1. The number of nitro groups is 1. The van der Waals surface area contributed by atoms with E-state index in [2.05, 4.69) is 5.32 Å². The summed E-state index contributed by atoms with van der Waals surface area (Å²) in [5.41, 5.74) is 5.70. The van der Waals surface area contributed by atoms with Crippen LogP contribution in [0.5, 0.6) is 11.5 Å². The van der Waals surface area contributed by atoms with Crippen molar-refractivity contribution >= 4 is 28.0 Å². The van der Waals surface area contributed by atoms with Crippen LogP contribution in [0, 0.1) is 17.0 Å². The van der Waals surface area contributed by atoms with Crippen molar-refractivity contribution in [3.63, 3.8) is 0 Å². The molecule has 0 atom stereocenters. The number of anilines is 2. The van der Waals surface area contributed by atoms with Crippen molar-refractivity contribution in [2.24, 2.45) is 0 Å². The van der Waals surface area contributed by atoms with Gasteiger partial charge in [0, 0.05) is 17.0 Å². The van der Waals surface area contributed by atoms with Crippen LogP contribution in [-0.2, 0) is 19.4 Å². The Morgan fingerprint density at radius 1 is 1.25 bits per heavy atom. The topological polar surface area (TPSA) is 97.5 Å². The number of aliphatic hydroxyl groups is 1. The summed E-state index contributed by atoms with van der Waals surface area (Å²) in [5, 5.41) is 25.2. The first kappa shape index (κ1) is 16.9. The maximum Gasteiger partial charge on any atom is 0.273 e. The third-order valence-corrected chi connectivity index (χ3v) is 5.60. The number of hydrogen-bond donors (Lipinski definition) is 2. The maximum atomic E-state index is 11.7. The van der Waals surface area contributed by atoms with Crippen molar-refractivity contribution < 1.29 is 14.8 Å². The predicted octanol–water partition coefficient (Wildman–Crippen LogP) is 4.67. The normalized spacial score (nSPS) is 14.5. The van der Waals surface area contributed by atoms with E-state index in [1.54, 1.807) is 18.2 Å². The average molecular weight is 377 g/mol. The molecule has 0 saturated carbocycles. The first-order valence-corrected chi connectivity index (χ1v) is 9.39. The molecule has 0 spiro atoms. The monoisotopic (exact) mass is 377 g/mol. The summed E-state index contributed by atoms with van der Waals surface area (Å²) in [5.74, 6) is 1.23. The number of nitro benzene ring substituents is 1. The van der Waals surface area contributed by atoms with Crippen LogP contribution < -0.4 is 10.1 Å². The predicted molar refractivity (Wildman–Crippen MR) is 105 cm³/mol. The van der Waals surface area contributed by atoms with Gasteiger partial charge in [-0.3, -0.25) is 10.1 Å². The molecule has 1 aromatic heterocycles. The number of aliphatic hydroxyl groups excluding tert-OH is 1. The minimum Gasteiger partial charge on any atom is -0.451 e. The van der Waals surface area contributed by atoms with Gasteiger partial charge in [-0.25, -0.2) is 4.98 Å². The van der Waals surface area contributed by atoms with Gasteiger partial charge in [0.25, 0.3) is 5.69 Å². The Labute approximate surface area is 161 Å². The second-order valence-corrected chi connectivity index (χ2v) is 7.33. The van der Waals surface area contributed by atoms with E-state index in [1.165, 1.54) is 0 Å². The van der Waals surface area contributed by atoms with Crippen LogP contribution in [0.4, 0.5) is 17.1 Å². The molecule has 1 aliphatic heterocycles. The van der Waals surface area contributed by atoms with Crippen LogP contribution in [0.25, 0.3) is 10.9 Å². The lowest BCUT2D eigenvalue weighted by Crippen LogP contribution is -2.11. The van der Waals surface area contributed by atoms with Crippen molar-refractivity contribution in [2.45, 2.75) is 39.2 Å². The van der Waals surface area contributed by atoms with Crippen molar-refractivity contribution in [1.29, 1.82) is 0 Å². The largest absolute Gasteiger partial charge is 0.451 e. The second-order valence-electron chi connectivity index (χ2n) is 7.33. The summed E-state index contributed by atoms with van der Waals surface area (Å²) in [6.07, 6.45) is 3.48. The highest BCUT2D eigenvalue weighted by Gasteiger charge is 2.29. The third-order valence-electron chi connectivity index (χ3n) is 5.60. The molecule has 0 amide bonds. The van der Waals surface area contributed by atoms with Gasteiger partial charge in [0.05, 0.1) is 34.1 Å². The summed E-state index contributed by atoms with van der Waals surface area (Å²) in [7, 11) is 0. The van der Waals surface area contributed by atoms with E-state index in [-0.39, 0.29) is 17.2 Å². The fourth-order valence-electron chi connectivity index (χ4n) is 4.26. The van der Waals surface area contributed by atoms with Crippen LogP contribution in [0.3, 0.4) is 0 Å². The smallest absolute Gasteiger partial charge is 0.273 e. The summed E-state index contributed by atoms with van der Waals surface area (Å²) in [4.78, 5) is 16.2. The van der Waals surface area contributed by atoms with Gasteiger partial charge in [0.2, 0.25) is 0 Å². The van der Waals surface area contributed by atoms with Gasteiger partial charge in [-0.1, -0.05) is 6.07 Å². The summed E-state index contributed by atoms with van der Waals surface area (Å²) >= 11 is 0. The average Bonchev–Trinajstić information content (AvgIpc) is 2.71. The van der Waals surface area contributed by atoms with E-state index in [0.717, 1.165) is 52.9 Å². The summed E-state index contributed by atoms with van der Waals surface area (Å²) in [6.45, 7) is 1.82. The fraction of sp³-hybridized carbons (Fsp3) is 0.286. The van der Waals surface area contributed by atoms with E-state index < -0.39 is 0 Å². The van der Waals surface area contributed by atoms with Crippen LogP contribution in [0.1, 0.15) is 35.2 Å². The molecule has 0 unspecified atom stereocenters. The minimum atomic E-state index is -0.294. The Kier molecular flexibility index (Phi) is 3.73. The van der Waals surface area contributed by atoms with E-state index >= 15 is 0 Å². The molecule has 7 nitrogen and oxygen atoms in total. The highest BCUT2D eigenvalue weighted by atomic mass is 16.6. The molecule has 1 aliphatic carbocycles. The highest BCUT2D eigenvalue weighted by molar-refractivity contribution is 6.02. The number of aromatic nitrogens is 1. The standard InChI is InChI=1S/C21H19N3O4/c1-11-21-20(23-16-8-12(10-25)6-7-18(16)28-21)15-9-17(24(26)27)13-4-2-3-5-14(13)19(15)22-11/h6-9,23,25H,2-5,10H2,1H3. The molecule has 2 aliphatic rings. The summed E-state index contributed by atoms with van der Waals surface area (Å²) < 4.78 is 6.08. The maximum absolute atomic E-state index is 11.7. The molecule has 28 heavy (non-hydrogen) atoms. The van der Waals surface area contributed by atoms with Gasteiger partial charge in [-0.2, -0.15) is 0 Å². The van der Waals surface area contributed by atoms with E-state index in [9.17, 15) is 15.2 Å². The molecule has 0 fully saturated rings. The van der Waals surface area contributed by atoms with Gasteiger partial charge in [0.1, 0.15) is 0 Å². The number of ether oxygens (including phenoxy) is 1. The minimum absolute atomic E-state index is 0.0725. The molecule has 2 N–H and O–H groups in total. The van der Waals surface area contributed by atoms with Crippen LogP contribution in [0.15, 0.2) is 24.3 Å². The number of benzene rings is 2. The number of aryl methyl sites for hydroxylation is 2. The summed E-state index contributed by atoms with van der Waals surface area (Å²) in [6, 6.07) is 7.06. The van der Waals surface area contributed by atoms with Crippen LogP contribution >= 0.6 is 0 Å². The number of fused-ring (bicyclic) bond motifs is 6. The lowest BCUT2D eigenvalue weighted by atomic mass is 9.87. The first-order valence-electron chi connectivity index (χ1n) is 9.39.